The number of carboxylic acid groups (broad SMARTS) is 1. The van der Waals surface area contributed by atoms with Gasteiger partial charge in [-0.2, -0.15) is 0 Å². The normalized spacial score (nSPS) is 12.1. The number of carboxylic acids is 1. The molecule has 0 saturated heterocycles. The topological polar surface area (TPSA) is 89.1 Å². The Balaban J connectivity index is 2.30. The monoisotopic (exact) mass is 321 g/mol. The molecule has 0 aliphatic carbocycles. The van der Waals surface area contributed by atoms with Crippen molar-refractivity contribution in [1.29, 1.82) is 0 Å². The second kappa shape index (κ2) is 5.90. The number of rotatable bonds is 4. The Bertz CT molecular complexity index is 604. The van der Waals surface area contributed by atoms with E-state index in [2.05, 4.69) is 25.9 Å². The van der Waals surface area contributed by atoms with Crippen molar-refractivity contribution in [2.75, 3.05) is 0 Å². The van der Waals surface area contributed by atoms with Crippen LogP contribution in [0.3, 0.4) is 0 Å². The lowest BCUT2D eigenvalue weighted by atomic mass is 10.1. The van der Waals surface area contributed by atoms with Crippen LogP contribution in [0.1, 0.15) is 5.82 Å². The number of aliphatic carboxylic acids is 1. The number of halogens is 1. The van der Waals surface area contributed by atoms with Gasteiger partial charge in [-0.15, -0.1) is 0 Å². The second-order valence-corrected chi connectivity index (χ2v) is 4.84. The van der Waals surface area contributed by atoms with Gasteiger partial charge in [0.2, 0.25) is 0 Å². The van der Waals surface area contributed by atoms with Crippen LogP contribution >= 0.6 is 15.9 Å². The van der Waals surface area contributed by atoms with Gasteiger partial charge in [-0.05, 0) is 12.1 Å². The molecule has 0 aliphatic heterocycles. The fourth-order valence-electron chi connectivity index (χ4n) is 1.60. The van der Waals surface area contributed by atoms with Crippen LogP contribution in [0.4, 0.5) is 0 Å². The van der Waals surface area contributed by atoms with Crippen molar-refractivity contribution in [3.05, 3.63) is 46.8 Å². The van der Waals surface area contributed by atoms with Crippen LogP contribution in [0, 0.1) is 0 Å². The molecule has 1 unspecified atom stereocenters. The molecule has 0 saturated carbocycles. The Morgan fingerprint density at radius 2 is 2.11 bits per heavy atom. The van der Waals surface area contributed by atoms with Gasteiger partial charge in [0.15, 0.2) is 0 Å². The molecule has 0 radical (unpaired) electrons. The predicted octanol–water partition coefficient (Wildman–Crippen LogP) is 1.86. The summed E-state index contributed by atoms with van der Waals surface area (Å²) >= 11 is 3.45. The molecule has 0 fully saturated rings. The molecule has 1 aromatic carbocycles. The Kier molecular flexibility index (Phi) is 4.24. The molecule has 0 aliphatic rings. The minimum Gasteiger partial charge on any atom is -0.480 e. The maximum atomic E-state index is 10.7. The van der Waals surface area contributed by atoms with E-state index >= 15 is 0 Å². The number of hydrogen-bond donors (Lipinski definition) is 2. The molecule has 6 heteroatoms. The maximum Gasteiger partial charge on any atom is 0.320 e. The summed E-state index contributed by atoms with van der Waals surface area (Å²) in [6, 6.07) is 8.44. The lowest BCUT2D eigenvalue weighted by Crippen LogP contribution is -2.32. The lowest BCUT2D eigenvalue weighted by molar-refractivity contribution is -0.138. The largest absolute Gasteiger partial charge is 0.480 e. The third-order valence-electron chi connectivity index (χ3n) is 2.57. The lowest BCUT2D eigenvalue weighted by Gasteiger charge is -2.07. The summed E-state index contributed by atoms with van der Waals surface area (Å²) in [5, 5.41) is 8.79. The fourth-order valence-corrected chi connectivity index (χ4v) is 2.09. The Hall–Kier alpha value is -1.79. The second-order valence-electron chi connectivity index (χ2n) is 3.99. The van der Waals surface area contributed by atoms with E-state index in [4.69, 9.17) is 10.8 Å². The number of aromatic nitrogens is 2. The molecule has 2 rings (SSSR count). The highest BCUT2D eigenvalue weighted by Gasteiger charge is 2.14. The zero-order chi connectivity index (χ0) is 13.8. The standard InChI is InChI=1S/C13H12BrN3O2/c14-9-4-2-1-3-8(9)11-5-6-16-12(17-11)7-10(15)13(18)19/h1-6,10H,7,15H2,(H,18,19). The first-order chi connectivity index (χ1) is 9.08. The number of benzene rings is 1. The first-order valence-corrected chi connectivity index (χ1v) is 6.42. The zero-order valence-corrected chi connectivity index (χ0v) is 11.5. The summed E-state index contributed by atoms with van der Waals surface area (Å²) in [6.07, 6.45) is 1.71. The third-order valence-corrected chi connectivity index (χ3v) is 3.27. The molecule has 3 N–H and O–H groups in total. The number of nitrogens with two attached hydrogens (primary N) is 1. The summed E-state index contributed by atoms with van der Waals surface area (Å²) in [4.78, 5) is 19.1. The van der Waals surface area contributed by atoms with Crippen molar-refractivity contribution in [1.82, 2.24) is 9.97 Å². The van der Waals surface area contributed by atoms with Gasteiger partial charge in [0.1, 0.15) is 11.9 Å². The van der Waals surface area contributed by atoms with Gasteiger partial charge in [-0.3, -0.25) is 4.79 Å². The molecule has 98 valence electrons. The summed E-state index contributed by atoms with van der Waals surface area (Å²) < 4.78 is 0.919. The smallest absolute Gasteiger partial charge is 0.320 e. The molecule has 1 heterocycles. The van der Waals surface area contributed by atoms with Crippen LogP contribution in [0.25, 0.3) is 11.3 Å². The summed E-state index contributed by atoms with van der Waals surface area (Å²) in [7, 11) is 0. The molecule has 0 spiro atoms. The van der Waals surface area contributed by atoms with Crippen LogP contribution in [0.2, 0.25) is 0 Å². The van der Waals surface area contributed by atoms with Gasteiger partial charge < -0.3 is 10.8 Å². The van der Waals surface area contributed by atoms with Gasteiger partial charge in [0.25, 0.3) is 0 Å². The summed E-state index contributed by atoms with van der Waals surface area (Å²) in [6.45, 7) is 0. The van der Waals surface area contributed by atoms with Crippen molar-refractivity contribution < 1.29 is 9.90 Å². The Morgan fingerprint density at radius 3 is 2.79 bits per heavy atom. The minimum atomic E-state index is -1.06. The van der Waals surface area contributed by atoms with Crippen molar-refractivity contribution >= 4 is 21.9 Å². The molecule has 19 heavy (non-hydrogen) atoms. The van der Waals surface area contributed by atoms with Crippen molar-refractivity contribution in [2.24, 2.45) is 5.73 Å². The first kappa shape index (κ1) is 13.6. The van der Waals surface area contributed by atoms with Gasteiger partial charge in [0, 0.05) is 22.7 Å². The molecule has 5 nitrogen and oxygen atoms in total. The van der Waals surface area contributed by atoms with Crippen LogP contribution in [-0.2, 0) is 11.2 Å². The molecule has 0 amide bonds. The average molecular weight is 322 g/mol. The molecule has 1 atom stereocenters. The SMILES string of the molecule is NC(Cc1nccc(-c2ccccc2Br)n1)C(=O)O. The van der Waals surface area contributed by atoms with Crippen LogP contribution in [0.15, 0.2) is 41.0 Å². The maximum absolute atomic E-state index is 10.7. The number of carbonyl (C=O) groups is 1. The molecule has 1 aromatic heterocycles. The third kappa shape index (κ3) is 3.36. The van der Waals surface area contributed by atoms with Crippen molar-refractivity contribution in [3.8, 4) is 11.3 Å². The van der Waals surface area contributed by atoms with E-state index < -0.39 is 12.0 Å². The first-order valence-electron chi connectivity index (χ1n) is 5.63. The molecule has 2 aromatic rings. The van der Waals surface area contributed by atoms with E-state index in [1.165, 1.54) is 0 Å². The van der Waals surface area contributed by atoms with Gasteiger partial charge in [-0.1, -0.05) is 34.1 Å². The van der Waals surface area contributed by atoms with Crippen LogP contribution in [0.5, 0.6) is 0 Å². The Morgan fingerprint density at radius 1 is 1.37 bits per heavy atom. The predicted molar refractivity (Wildman–Crippen MR) is 74.5 cm³/mol. The van der Waals surface area contributed by atoms with Gasteiger partial charge in [0.05, 0.1) is 5.69 Å². The highest BCUT2D eigenvalue weighted by Crippen LogP contribution is 2.25. The number of nitrogens with zero attached hydrogens (tertiary/aromatic N) is 2. The molecular weight excluding hydrogens is 310 g/mol. The van der Waals surface area contributed by atoms with Gasteiger partial charge in [-0.25, -0.2) is 9.97 Å². The molecule has 0 bridgehead atoms. The van der Waals surface area contributed by atoms with E-state index in [9.17, 15) is 4.79 Å². The van der Waals surface area contributed by atoms with Crippen LogP contribution < -0.4 is 5.73 Å². The summed E-state index contributed by atoms with van der Waals surface area (Å²) in [5.41, 5.74) is 7.14. The van der Waals surface area contributed by atoms with Gasteiger partial charge >= 0.3 is 5.97 Å². The highest BCUT2D eigenvalue weighted by molar-refractivity contribution is 9.10. The van der Waals surface area contributed by atoms with Crippen LogP contribution in [-0.4, -0.2) is 27.1 Å². The molecular formula is C13H12BrN3O2. The van der Waals surface area contributed by atoms with Crippen molar-refractivity contribution in [3.63, 3.8) is 0 Å². The highest BCUT2D eigenvalue weighted by atomic mass is 79.9. The average Bonchev–Trinajstić information content (AvgIpc) is 2.39. The Labute approximate surface area is 118 Å². The van der Waals surface area contributed by atoms with Crippen molar-refractivity contribution in [2.45, 2.75) is 12.5 Å². The van der Waals surface area contributed by atoms with E-state index in [0.29, 0.717) is 5.82 Å². The van der Waals surface area contributed by atoms with E-state index in [1.54, 1.807) is 12.3 Å². The van der Waals surface area contributed by atoms with E-state index in [0.717, 1.165) is 15.7 Å². The fraction of sp³-hybridized carbons (Fsp3) is 0.154. The minimum absolute atomic E-state index is 0.105. The summed E-state index contributed by atoms with van der Waals surface area (Å²) in [5.74, 6) is -0.641. The zero-order valence-electron chi connectivity index (χ0n) is 9.95. The van der Waals surface area contributed by atoms with E-state index in [1.807, 2.05) is 24.3 Å². The van der Waals surface area contributed by atoms with E-state index in [-0.39, 0.29) is 6.42 Å². The quantitative estimate of drug-likeness (QED) is 0.897. The number of hydrogen-bond acceptors (Lipinski definition) is 4.